The summed E-state index contributed by atoms with van der Waals surface area (Å²) in [6, 6.07) is 2.92. The van der Waals surface area contributed by atoms with Crippen molar-refractivity contribution >= 4 is 11.5 Å². The lowest BCUT2D eigenvalue weighted by Gasteiger charge is -2.23. The Morgan fingerprint density at radius 3 is 2.79 bits per heavy atom. The molecule has 0 fully saturated rings. The molecule has 7 nitrogen and oxygen atoms in total. The molecule has 106 valence electrons. The van der Waals surface area contributed by atoms with Gasteiger partial charge in [-0.05, 0) is 19.9 Å². The Bertz CT molecular complexity index is 449. The first-order chi connectivity index (χ1) is 8.85. The van der Waals surface area contributed by atoms with Crippen molar-refractivity contribution in [3.8, 4) is 0 Å². The number of hydrogen-bond acceptors (Lipinski definition) is 6. The molecule has 1 aromatic rings. The lowest BCUT2D eigenvalue weighted by Crippen LogP contribution is -2.34. The Morgan fingerprint density at radius 1 is 1.58 bits per heavy atom. The zero-order chi connectivity index (χ0) is 14.5. The minimum Gasteiger partial charge on any atom is -0.388 e. The van der Waals surface area contributed by atoms with Gasteiger partial charge in [0.1, 0.15) is 11.5 Å². The summed E-state index contributed by atoms with van der Waals surface area (Å²) in [7, 11) is 1.57. The number of hydrogen-bond donors (Lipinski definition) is 2. The highest BCUT2D eigenvalue weighted by atomic mass is 16.6. The van der Waals surface area contributed by atoms with E-state index in [0.29, 0.717) is 31.1 Å². The van der Waals surface area contributed by atoms with E-state index in [9.17, 15) is 15.2 Å². The zero-order valence-corrected chi connectivity index (χ0v) is 11.3. The molecule has 0 aliphatic heterocycles. The van der Waals surface area contributed by atoms with E-state index in [1.807, 2.05) is 0 Å². The number of aryl methyl sites for hydroxylation is 1. The van der Waals surface area contributed by atoms with Gasteiger partial charge in [-0.3, -0.25) is 10.1 Å². The van der Waals surface area contributed by atoms with Gasteiger partial charge in [-0.1, -0.05) is 0 Å². The second kappa shape index (κ2) is 6.44. The molecule has 0 aromatic carbocycles. The SMILES string of the molecule is COCCC(C)(O)CNc1ccc([N+](=O)[O-])c(C)n1. The lowest BCUT2D eigenvalue weighted by atomic mass is 10.0. The molecule has 0 radical (unpaired) electrons. The van der Waals surface area contributed by atoms with Gasteiger partial charge in [0.2, 0.25) is 0 Å². The first-order valence-electron chi connectivity index (χ1n) is 5.93. The van der Waals surface area contributed by atoms with Gasteiger partial charge in [0.15, 0.2) is 0 Å². The van der Waals surface area contributed by atoms with E-state index in [2.05, 4.69) is 10.3 Å². The van der Waals surface area contributed by atoms with Crippen LogP contribution in [0.1, 0.15) is 19.0 Å². The molecule has 0 aliphatic carbocycles. The number of pyridine rings is 1. The molecule has 0 saturated heterocycles. The molecule has 1 aromatic heterocycles. The van der Waals surface area contributed by atoms with Crippen molar-refractivity contribution in [3.63, 3.8) is 0 Å². The van der Waals surface area contributed by atoms with Crippen LogP contribution in [0.3, 0.4) is 0 Å². The Hall–Kier alpha value is -1.73. The maximum absolute atomic E-state index is 10.7. The number of methoxy groups -OCH3 is 1. The Balaban J connectivity index is 2.63. The van der Waals surface area contributed by atoms with Gasteiger partial charge in [-0.25, -0.2) is 4.98 Å². The molecule has 2 N–H and O–H groups in total. The Morgan fingerprint density at radius 2 is 2.26 bits per heavy atom. The fourth-order valence-corrected chi connectivity index (χ4v) is 1.54. The van der Waals surface area contributed by atoms with E-state index in [4.69, 9.17) is 4.74 Å². The maximum Gasteiger partial charge on any atom is 0.290 e. The van der Waals surface area contributed by atoms with E-state index in [1.54, 1.807) is 21.0 Å². The standard InChI is InChI=1S/C12H19N3O4/c1-9-10(15(17)18)4-5-11(14-9)13-8-12(2,16)6-7-19-3/h4-5,16H,6-8H2,1-3H3,(H,13,14). The minimum atomic E-state index is -0.923. The molecule has 1 heterocycles. The van der Waals surface area contributed by atoms with Gasteiger partial charge in [0.25, 0.3) is 5.69 Å². The normalized spacial score (nSPS) is 13.9. The van der Waals surface area contributed by atoms with Crippen molar-refractivity contribution in [1.82, 2.24) is 4.98 Å². The number of anilines is 1. The minimum absolute atomic E-state index is 0.0170. The molecule has 0 aliphatic rings. The van der Waals surface area contributed by atoms with Gasteiger partial charge in [0, 0.05) is 32.7 Å². The Kier molecular flexibility index (Phi) is 5.20. The van der Waals surface area contributed by atoms with Crippen LogP contribution in [0.15, 0.2) is 12.1 Å². The molecule has 1 atom stereocenters. The van der Waals surface area contributed by atoms with Crippen LogP contribution >= 0.6 is 0 Å². The number of nitro groups is 1. The number of ether oxygens (including phenoxy) is 1. The van der Waals surface area contributed by atoms with Gasteiger partial charge >= 0.3 is 0 Å². The average molecular weight is 269 g/mol. The first-order valence-corrected chi connectivity index (χ1v) is 5.93. The van der Waals surface area contributed by atoms with Gasteiger partial charge in [-0.2, -0.15) is 0 Å². The summed E-state index contributed by atoms with van der Waals surface area (Å²) >= 11 is 0. The molecule has 1 rings (SSSR count). The van der Waals surface area contributed by atoms with E-state index in [0.717, 1.165) is 0 Å². The fraction of sp³-hybridized carbons (Fsp3) is 0.583. The summed E-state index contributed by atoms with van der Waals surface area (Å²) < 4.78 is 4.91. The molecule has 0 amide bonds. The number of aromatic nitrogens is 1. The van der Waals surface area contributed by atoms with Crippen LogP contribution in [0.4, 0.5) is 11.5 Å². The second-order valence-electron chi connectivity index (χ2n) is 4.65. The van der Waals surface area contributed by atoms with Gasteiger partial charge in [-0.15, -0.1) is 0 Å². The van der Waals surface area contributed by atoms with E-state index >= 15 is 0 Å². The van der Waals surface area contributed by atoms with Crippen molar-refractivity contribution < 1.29 is 14.8 Å². The van der Waals surface area contributed by atoms with Crippen LogP contribution in [0, 0.1) is 17.0 Å². The third-order valence-electron chi connectivity index (χ3n) is 2.75. The molecule has 1 unspecified atom stereocenters. The smallest absolute Gasteiger partial charge is 0.290 e. The number of nitrogens with zero attached hydrogens (tertiary/aromatic N) is 2. The van der Waals surface area contributed by atoms with Crippen LogP contribution in [0.25, 0.3) is 0 Å². The quantitative estimate of drug-likeness (QED) is 0.575. The number of rotatable bonds is 7. The zero-order valence-electron chi connectivity index (χ0n) is 11.3. The molecule has 19 heavy (non-hydrogen) atoms. The van der Waals surface area contributed by atoms with E-state index in [-0.39, 0.29) is 5.69 Å². The van der Waals surface area contributed by atoms with Crippen LogP contribution in [-0.4, -0.2) is 40.9 Å². The summed E-state index contributed by atoms with van der Waals surface area (Å²) in [6.45, 7) is 4.02. The molecule has 0 bridgehead atoms. The first kappa shape index (κ1) is 15.3. The molecular formula is C12H19N3O4. The number of nitrogens with one attached hydrogen (secondary N) is 1. The summed E-state index contributed by atoms with van der Waals surface area (Å²) in [5, 5.41) is 23.7. The predicted octanol–water partition coefficient (Wildman–Crippen LogP) is 1.50. The van der Waals surface area contributed by atoms with Crippen molar-refractivity contribution in [2.24, 2.45) is 0 Å². The van der Waals surface area contributed by atoms with Crippen LogP contribution in [-0.2, 0) is 4.74 Å². The van der Waals surface area contributed by atoms with Crippen LogP contribution in [0.5, 0.6) is 0 Å². The van der Waals surface area contributed by atoms with Crippen LogP contribution in [0.2, 0.25) is 0 Å². The highest BCUT2D eigenvalue weighted by molar-refractivity contribution is 5.44. The Labute approximate surface area is 111 Å². The molecule has 0 spiro atoms. The predicted molar refractivity (Wildman–Crippen MR) is 71.2 cm³/mol. The van der Waals surface area contributed by atoms with Gasteiger partial charge in [0.05, 0.1) is 10.5 Å². The fourth-order valence-electron chi connectivity index (χ4n) is 1.54. The van der Waals surface area contributed by atoms with Crippen molar-refractivity contribution in [2.75, 3.05) is 25.6 Å². The monoisotopic (exact) mass is 269 g/mol. The van der Waals surface area contributed by atoms with Gasteiger partial charge < -0.3 is 15.2 Å². The second-order valence-corrected chi connectivity index (χ2v) is 4.65. The van der Waals surface area contributed by atoms with Crippen molar-refractivity contribution in [1.29, 1.82) is 0 Å². The summed E-state index contributed by atoms with van der Waals surface area (Å²) in [6.07, 6.45) is 0.489. The lowest BCUT2D eigenvalue weighted by molar-refractivity contribution is -0.385. The summed E-state index contributed by atoms with van der Waals surface area (Å²) in [4.78, 5) is 14.3. The summed E-state index contributed by atoms with van der Waals surface area (Å²) in [5.74, 6) is 0.501. The average Bonchev–Trinajstić information content (AvgIpc) is 2.34. The topological polar surface area (TPSA) is 97.5 Å². The van der Waals surface area contributed by atoms with Crippen molar-refractivity contribution in [3.05, 3.63) is 27.9 Å². The molecular weight excluding hydrogens is 250 g/mol. The molecule has 7 heteroatoms. The third kappa shape index (κ3) is 4.80. The molecule has 0 saturated carbocycles. The highest BCUT2D eigenvalue weighted by Gasteiger charge is 2.20. The van der Waals surface area contributed by atoms with E-state index in [1.165, 1.54) is 12.1 Å². The highest BCUT2D eigenvalue weighted by Crippen LogP contribution is 2.18. The largest absolute Gasteiger partial charge is 0.388 e. The van der Waals surface area contributed by atoms with E-state index < -0.39 is 10.5 Å². The van der Waals surface area contributed by atoms with Crippen LogP contribution < -0.4 is 5.32 Å². The van der Waals surface area contributed by atoms with Crippen molar-refractivity contribution in [2.45, 2.75) is 25.9 Å². The summed E-state index contributed by atoms with van der Waals surface area (Å²) in [5.41, 5.74) is -0.601. The number of aliphatic hydroxyl groups is 1. The third-order valence-corrected chi connectivity index (χ3v) is 2.75. The maximum atomic E-state index is 10.7.